The van der Waals surface area contributed by atoms with E-state index in [0.717, 1.165) is 25.7 Å². The van der Waals surface area contributed by atoms with Gasteiger partial charge < -0.3 is 5.32 Å². The topological polar surface area (TPSA) is 83.6 Å². The summed E-state index contributed by atoms with van der Waals surface area (Å²) in [5, 5.41) is 2.42. The SMILES string of the molecule is O=C1Nc2ccc(S(=O)(=O)N3CCCCCC3)cc2C1=O. The van der Waals surface area contributed by atoms with Crippen LogP contribution in [-0.4, -0.2) is 37.5 Å². The van der Waals surface area contributed by atoms with Crippen LogP contribution >= 0.6 is 0 Å². The van der Waals surface area contributed by atoms with Crippen LogP contribution in [0.1, 0.15) is 36.0 Å². The molecule has 0 bridgehead atoms. The number of nitrogens with one attached hydrogen (secondary N) is 1. The molecular weight excluding hydrogens is 292 g/mol. The number of amides is 1. The molecule has 0 spiro atoms. The van der Waals surface area contributed by atoms with Crippen LogP contribution in [0, 0.1) is 0 Å². The molecule has 1 amide bonds. The summed E-state index contributed by atoms with van der Waals surface area (Å²) in [6, 6.07) is 4.22. The van der Waals surface area contributed by atoms with E-state index in [1.54, 1.807) is 0 Å². The van der Waals surface area contributed by atoms with Crippen molar-refractivity contribution in [2.75, 3.05) is 18.4 Å². The van der Waals surface area contributed by atoms with Gasteiger partial charge in [-0.2, -0.15) is 4.31 Å². The van der Waals surface area contributed by atoms with Crippen LogP contribution in [0.15, 0.2) is 23.1 Å². The molecule has 1 N–H and O–H groups in total. The minimum Gasteiger partial charge on any atom is -0.318 e. The number of hydrogen-bond acceptors (Lipinski definition) is 4. The lowest BCUT2D eigenvalue weighted by Crippen LogP contribution is -2.32. The summed E-state index contributed by atoms with van der Waals surface area (Å²) in [7, 11) is -3.61. The predicted octanol–water partition coefficient (Wildman–Crippen LogP) is 1.39. The summed E-state index contributed by atoms with van der Waals surface area (Å²) in [6.07, 6.45) is 3.77. The maximum atomic E-state index is 12.6. The van der Waals surface area contributed by atoms with E-state index in [1.165, 1.54) is 22.5 Å². The molecule has 0 aliphatic carbocycles. The average Bonchev–Trinajstić information content (AvgIpc) is 2.67. The number of nitrogens with zero attached hydrogens (tertiary/aromatic N) is 1. The molecule has 0 unspecified atom stereocenters. The van der Waals surface area contributed by atoms with Crippen molar-refractivity contribution in [2.24, 2.45) is 0 Å². The Morgan fingerprint density at radius 1 is 1.00 bits per heavy atom. The van der Waals surface area contributed by atoms with E-state index in [9.17, 15) is 18.0 Å². The minimum absolute atomic E-state index is 0.0769. The second-order valence-electron chi connectivity index (χ2n) is 5.31. The van der Waals surface area contributed by atoms with E-state index in [-0.39, 0.29) is 10.5 Å². The zero-order chi connectivity index (χ0) is 15.0. The number of carbonyl (C=O) groups is 2. The molecule has 2 aliphatic rings. The van der Waals surface area contributed by atoms with Crippen LogP contribution in [0.3, 0.4) is 0 Å². The van der Waals surface area contributed by atoms with E-state index in [4.69, 9.17) is 0 Å². The number of rotatable bonds is 2. The Morgan fingerprint density at radius 3 is 2.33 bits per heavy atom. The summed E-state index contributed by atoms with van der Waals surface area (Å²) in [5.74, 6) is -1.40. The largest absolute Gasteiger partial charge is 0.318 e. The summed E-state index contributed by atoms with van der Waals surface area (Å²) >= 11 is 0. The van der Waals surface area contributed by atoms with E-state index >= 15 is 0 Å². The average molecular weight is 308 g/mol. The fourth-order valence-electron chi connectivity index (χ4n) is 2.71. The predicted molar refractivity (Wildman–Crippen MR) is 76.6 cm³/mol. The van der Waals surface area contributed by atoms with Crippen molar-refractivity contribution in [3.05, 3.63) is 23.8 Å². The van der Waals surface area contributed by atoms with Crippen LogP contribution in [0.25, 0.3) is 0 Å². The third-order valence-corrected chi connectivity index (χ3v) is 5.79. The Hall–Kier alpha value is -1.73. The van der Waals surface area contributed by atoms with Crippen LogP contribution in [-0.2, 0) is 14.8 Å². The van der Waals surface area contributed by atoms with E-state index < -0.39 is 21.7 Å². The lowest BCUT2D eigenvalue weighted by Gasteiger charge is -2.20. The number of Topliss-reactive ketones (excluding diaryl/α,β-unsaturated/α-hetero) is 1. The summed E-state index contributed by atoms with van der Waals surface area (Å²) in [4.78, 5) is 23.1. The zero-order valence-electron chi connectivity index (χ0n) is 11.5. The molecule has 7 heteroatoms. The van der Waals surface area contributed by atoms with Gasteiger partial charge in [0.2, 0.25) is 10.0 Å². The fourth-order valence-corrected chi connectivity index (χ4v) is 4.26. The monoisotopic (exact) mass is 308 g/mol. The Morgan fingerprint density at radius 2 is 1.67 bits per heavy atom. The van der Waals surface area contributed by atoms with Gasteiger partial charge in [-0.3, -0.25) is 9.59 Å². The van der Waals surface area contributed by atoms with Gasteiger partial charge in [0.25, 0.3) is 11.7 Å². The molecule has 6 nitrogen and oxygen atoms in total. The highest BCUT2D eigenvalue weighted by Gasteiger charge is 2.31. The molecule has 112 valence electrons. The number of fused-ring (bicyclic) bond motifs is 1. The van der Waals surface area contributed by atoms with Crippen LogP contribution in [0.4, 0.5) is 5.69 Å². The lowest BCUT2D eigenvalue weighted by molar-refractivity contribution is -0.112. The Bertz CT molecular complexity index is 704. The van der Waals surface area contributed by atoms with Crippen molar-refractivity contribution in [2.45, 2.75) is 30.6 Å². The molecule has 21 heavy (non-hydrogen) atoms. The third kappa shape index (κ3) is 2.47. The molecule has 1 aromatic carbocycles. The van der Waals surface area contributed by atoms with Crippen molar-refractivity contribution < 1.29 is 18.0 Å². The molecule has 0 atom stereocenters. The summed E-state index contributed by atoms with van der Waals surface area (Å²) < 4.78 is 26.7. The standard InChI is InChI=1S/C14H16N2O4S/c17-13-11-9-10(5-6-12(11)15-14(13)18)21(19,20)16-7-3-1-2-4-8-16/h5-6,9H,1-4,7-8H2,(H,15,17,18). The Balaban J connectivity index is 1.97. The molecule has 0 aromatic heterocycles. The van der Waals surface area contributed by atoms with Gasteiger partial charge in [0.05, 0.1) is 16.1 Å². The second-order valence-corrected chi connectivity index (χ2v) is 7.25. The van der Waals surface area contributed by atoms with Crippen molar-refractivity contribution in [1.29, 1.82) is 0 Å². The summed E-state index contributed by atoms with van der Waals surface area (Å²) in [6.45, 7) is 1.01. The van der Waals surface area contributed by atoms with Gasteiger partial charge >= 0.3 is 0 Å². The lowest BCUT2D eigenvalue weighted by atomic mass is 10.1. The van der Waals surface area contributed by atoms with Crippen molar-refractivity contribution in [1.82, 2.24) is 4.31 Å². The number of ketones is 1. The molecule has 1 fully saturated rings. The normalized spacial score (nSPS) is 20.0. The Labute approximate surface area is 123 Å². The first-order chi connectivity index (χ1) is 10.00. The molecular formula is C14H16N2O4S. The van der Waals surface area contributed by atoms with Gasteiger partial charge in [-0.05, 0) is 31.0 Å². The number of carbonyl (C=O) groups excluding carboxylic acids is 2. The van der Waals surface area contributed by atoms with E-state index in [0.29, 0.717) is 18.8 Å². The molecule has 2 heterocycles. The van der Waals surface area contributed by atoms with Gasteiger partial charge in [-0.15, -0.1) is 0 Å². The van der Waals surface area contributed by atoms with E-state index in [2.05, 4.69) is 5.32 Å². The second kappa shape index (κ2) is 5.23. The van der Waals surface area contributed by atoms with Crippen molar-refractivity contribution in [3.63, 3.8) is 0 Å². The molecule has 3 rings (SSSR count). The first-order valence-corrected chi connectivity index (χ1v) is 8.44. The summed E-state index contributed by atoms with van der Waals surface area (Å²) in [5.41, 5.74) is 0.510. The number of benzene rings is 1. The molecule has 0 saturated carbocycles. The molecule has 1 aromatic rings. The minimum atomic E-state index is -3.61. The molecule has 1 saturated heterocycles. The Kier molecular flexibility index (Phi) is 3.54. The van der Waals surface area contributed by atoms with E-state index in [1.807, 2.05) is 0 Å². The zero-order valence-corrected chi connectivity index (χ0v) is 12.3. The quantitative estimate of drug-likeness (QED) is 0.837. The smallest absolute Gasteiger partial charge is 0.296 e. The third-order valence-electron chi connectivity index (χ3n) is 3.89. The highest BCUT2D eigenvalue weighted by molar-refractivity contribution is 7.89. The fraction of sp³-hybridized carbons (Fsp3) is 0.429. The van der Waals surface area contributed by atoms with Crippen molar-refractivity contribution in [3.8, 4) is 0 Å². The number of sulfonamides is 1. The van der Waals surface area contributed by atoms with Gasteiger partial charge in [0, 0.05) is 13.1 Å². The highest BCUT2D eigenvalue weighted by Crippen LogP contribution is 2.28. The maximum Gasteiger partial charge on any atom is 0.296 e. The van der Waals surface area contributed by atoms with Crippen molar-refractivity contribution >= 4 is 27.4 Å². The maximum absolute atomic E-state index is 12.6. The van der Waals surface area contributed by atoms with Gasteiger partial charge in [-0.25, -0.2) is 8.42 Å². The van der Waals surface area contributed by atoms with Gasteiger partial charge in [-0.1, -0.05) is 12.8 Å². The van der Waals surface area contributed by atoms with Crippen LogP contribution < -0.4 is 5.32 Å². The number of hydrogen-bond donors (Lipinski definition) is 1. The molecule has 0 radical (unpaired) electrons. The van der Waals surface area contributed by atoms with Gasteiger partial charge in [0.15, 0.2) is 0 Å². The first-order valence-electron chi connectivity index (χ1n) is 7.00. The van der Waals surface area contributed by atoms with Crippen LogP contribution in [0.2, 0.25) is 0 Å². The molecule has 2 aliphatic heterocycles. The number of anilines is 1. The highest BCUT2D eigenvalue weighted by atomic mass is 32.2. The first kappa shape index (κ1) is 14.2. The van der Waals surface area contributed by atoms with Crippen LogP contribution in [0.5, 0.6) is 0 Å². The van der Waals surface area contributed by atoms with Gasteiger partial charge in [0.1, 0.15) is 0 Å².